The molecule has 2 nitrogen and oxygen atoms in total. The minimum Gasteiger partial charge on any atom is -0.345 e. The third-order valence-electron chi connectivity index (χ3n) is 3.07. The summed E-state index contributed by atoms with van der Waals surface area (Å²) in [5, 5.41) is 3.02. The molecule has 2 aromatic carbocycles. The van der Waals surface area contributed by atoms with Crippen LogP contribution in [-0.2, 0) is 0 Å². The van der Waals surface area contributed by atoms with E-state index in [0.29, 0.717) is 5.56 Å². The average Bonchev–Trinajstić information content (AvgIpc) is 2.47. The smallest absolute Gasteiger partial charge is 0.251 e. The van der Waals surface area contributed by atoms with Crippen LogP contribution in [0.4, 0.5) is 0 Å². The Morgan fingerprint density at radius 2 is 1.80 bits per heavy atom. The fourth-order valence-corrected chi connectivity index (χ4v) is 2.96. The molecule has 0 bridgehead atoms. The van der Waals surface area contributed by atoms with Gasteiger partial charge in [-0.25, -0.2) is 0 Å². The van der Waals surface area contributed by atoms with E-state index in [1.165, 1.54) is 0 Å². The zero-order valence-electron chi connectivity index (χ0n) is 11.4. The average molecular weight is 350 g/mol. The van der Waals surface area contributed by atoms with E-state index in [2.05, 4.69) is 21.2 Å². The molecule has 1 amide bonds. The van der Waals surface area contributed by atoms with Gasteiger partial charge in [-0.1, -0.05) is 34.1 Å². The number of benzene rings is 2. The first-order valence-electron chi connectivity index (χ1n) is 6.31. The van der Waals surface area contributed by atoms with E-state index in [9.17, 15) is 4.79 Å². The topological polar surface area (TPSA) is 29.1 Å². The van der Waals surface area contributed by atoms with Crippen LogP contribution in [0.3, 0.4) is 0 Å². The van der Waals surface area contributed by atoms with Gasteiger partial charge in [0, 0.05) is 14.9 Å². The summed E-state index contributed by atoms with van der Waals surface area (Å²) in [6.07, 6.45) is 2.02. The monoisotopic (exact) mass is 349 g/mol. The van der Waals surface area contributed by atoms with Gasteiger partial charge in [0.05, 0.1) is 6.04 Å². The van der Waals surface area contributed by atoms with Gasteiger partial charge in [0.1, 0.15) is 0 Å². The molecule has 20 heavy (non-hydrogen) atoms. The van der Waals surface area contributed by atoms with Crippen LogP contribution in [0.2, 0.25) is 0 Å². The Bertz CT molecular complexity index is 598. The highest BCUT2D eigenvalue weighted by molar-refractivity contribution is 9.10. The second-order valence-electron chi connectivity index (χ2n) is 4.45. The first-order chi connectivity index (χ1) is 9.61. The molecule has 104 valence electrons. The Morgan fingerprint density at radius 1 is 1.15 bits per heavy atom. The number of carbonyl (C=O) groups is 1. The normalized spacial score (nSPS) is 11.9. The predicted molar refractivity (Wildman–Crippen MR) is 88.2 cm³/mol. The van der Waals surface area contributed by atoms with Gasteiger partial charge < -0.3 is 5.32 Å². The van der Waals surface area contributed by atoms with Crippen LogP contribution in [0.5, 0.6) is 0 Å². The number of nitrogens with one attached hydrogen (secondary N) is 1. The zero-order chi connectivity index (χ0) is 14.5. The molecule has 2 aromatic rings. The largest absolute Gasteiger partial charge is 0.345 e. The molecule has 0 saturated carbocycles. The Kier molecular flexibility index (Phi) is 5.26. The minimum absolute atomic E-state index is 0.0432. The maximum atomic E-state index is 12.2. The third kappa shape index (κ3) is 3.64. The first-order valence-corrected chi connectivity index (χ1v) is 8.33. The molecule has 0 spiro atoms. The maximum absolute atomic E-state index is 12.2. The number of hydrogen-bond donors (Lipinski definition) is 1. The van der Waals surface area contributed by atoms with Gasteiger partial charge in [-0.15, -0.1) is 11.8 Å². The molecule has 0 unspecified atom stereocenters. The van der Waals surface area contributed by atoms with Crippen molar-refractivity contribution in [3.63, 3.8) is 0 Å². The molecule has 0 saturated heterocycles. The number of amides is 1. The molecule has 0 aromatic heterocycles. The van der Waals surface area contributed by atoms with Gasteiger partial charge in [0.15, 0.2) is 0 Å². The molecule has 0 fully saturated rings. The van der Waals surface area contributed by atoms with Crippen LogP contribution in [0, 0.1) is 0 Å². The van der Waals surface area contributed by atoms with E-state index in [0.717, 1.165) is 14.9 Å². The molecule has 0 radical (unpaired) electrons. The van der Waals surface area contributed by atoms with Crippen molar-refractivity contribution in [2.24, 2.45) is 0 Å². The summed E-state index contributed by atoms with van der Waals surface area (Å²) in [4.78, 5) is 13.4. The Balaban J connectivity index is 2.09. The molecular formula is C16H16BrNOS. The van der Waals surface area contributed by atoms with Crippen molar-refractivity contribution in [3.05, 3.63) is 64.1 Å². The van der Waals surface area contributed by atoms with Gasteiger partial charge in [0.2, 0.25) is 0 Å². The van der Waals surface area contributed by atoms with E-state index >= 15 is 0 Å². The van der Waals surface area contributed by atoms with Gasteiger partial charge in [-0.05, 0) is 49.1 Å². The highest BCUT2D eigenvalue weighted by atomic mass is 79.9. The number of thioether (sulfide) groups is 1. The van der Waals surface area contributed by atoms with Crippen LogP contribution in [0.1, 0.15) is 28.9 Å². The Hall–Kier alpha value is -1.26. The molecule has 1 atom stereocenters. The van der Waals surface area contributed by atoms with E-state index < -0.39 is 0 Å². The zero-order valence-corrected chi connectivity index (χ0v) is 13.8. The van der Waals surface area contributed by atoms with E-state index in [1.807, 2.05) is 61.7 Å². The Morgan fingerprint density at radius 3 is 2.40 bits per heavy atom. The van der Waals surface area contributed by atoms with Gasteiger partial charge >= 0.3 is 0 Å². The van der Waals surface area contributed by atoms with Crippen LogP contribution < -0.4 is 5.32 Å². The predicted octanol–water partition coefficient (Wildman–Crippen LogP) is 4.66. The van der Waals surface area contributed by atoms with Crippen LogP contribution in [0.15, 0.2) is 57.9 Å². The van der Waals surface area contributed by atoms with E-state index in [-0.39, 0.29) is 11.9 Å². The van der Waals surface area contributed by atoms with Crippen molar-refractivity contribution >= 4 is 33.6 Å². The van der Waals surface area contributed by atoms with E-state index in [1.54, 1.807) is 11.8 Å². The van der Waals surface area contributed by atoms with Gasteiger partial charge in [-0.2, -0.15) is 0 Å². The second kappa shape index (κ2) is 6.95. The lowest BCUT2D eigenvalue weighted by Gasteiger charge is -2.16. The van der Waals surface area contributed by atoms with Crippen molar-refractivity contribution in [2.75, 3.05) is 6.26 Å². The molecule has 0 aliphatic rings. The third-order valence-corrected chi connectivity index (χ3v) is 4.54. The lowest BCUT2D eigenvalue weighted by Crippen LogP contribution is -2.26. The second-order valence-corrected chi connectivity index (χ2v) is 6.18. The summed E-state index contributed by atoms with van der Waals surface area (Å²) < 4.78 is 1.01. The number of halogens is 1. The van der Waals surface area contributed by atoms with Crippen LogP contribution in [0.25, 0.3) is 0 Å². The molecule has 0 aliphatic heterocycles. The summed E-state index contributed by atoms with van der Waals surface area (Å²) >= 11 is 5.17. The highest BCUT2D eigenvalue weighted by Crippen LogP contribution is 2.23. The molecule has 1 N–H and O–H groups in total. The van der Waals surface area contributed by atoms with Crippen molar-refractivity contribution in [2.45, 2.75) is 17.9 Å². The lowest BCUT2D eigenvalue weighted by molar-refractivity contribution is 0.0939. The van der Waals surface area contributed by atoms with Crippen molar-refractivity contribution in [3.8, 4) is 0 Å². The van der Waals surface area contributed by atoms with Crippen molar-refractivity contribution < 1.29 is 4.79 Å². The minimum atomic E-state index is -0.0547. The highest BCUT2D eigenvalue weighted by Gasteiger charge is 2.13. The van der Waals surface area contributed by atoms with Crippen LogP contribution >= 0.6 is 27.7 Å². The fraction of sp³-hybridized carbons (Fsp3) is 0.188. The Labute approximate surface area is 132 Å². The van der Waals surface area contributed by atoms with E-state index in [4.69, 9.17) is 0 Å². The quantitative estimate of drug-likeness (QED) is 0.813. The van der Waals surface area contributed by atoms with Gasteiger partial charge in [0.25, 0.3) is 5.91 Å². The summed E-state index contributed by atoms with van der Waals surface area (Å²) in [5.41, 5.74) is 1.75. The SMILES string of the molecule is CSc1ccc(C(=O)N[C@H](C)c2ccccc2Br)cc1. The van der Waals surface area contributed by atoms with Crippen molar-refractivity contribution in [1.29, 1.82) is 0 Å². The first kappa shape index (κ1) is 15.1. The number of carbonyl (C=O) groups excluding carboxylic acids is 1. The summed E-state index contributed by atoms with van der Waals surface area (Å²) in [6.45, 7) is 1.98. The number of rotatable bonds is 4. The number of hydrogen-bond acceptors (Lipinski definition) is 2. The van der Waals surface area contributed by atoms with Crippen molar-refractivity contribution in [1.82, 2.24) is 5.32 Å². The standard InChI is InChI=1S/C16H16BrNOS/c1-11(14-5-3-4-6-15(14)17)18-16(19)12-7-9-13(20-2)10-8-12/h3-11H,1-2H3,(H,18,19)/t11-/m1/s1. The van der Waals surface area contributed by atoms with Crippen LogP contribution in [-0.4, -0.2) is 12.2 Å². The summed E-state index contributed by atoms with van der Waals surface area (Å²) in [7, 11) is 0. The maximum Gasteiger partial charge on any atom is 0.251 e. The fourth-order valence-electron chi connectivity index (χ4n) is 1.93. The van der Waals surface area contributed by atoms with Gasteiger partial charge in [-0.3, -0.25) is 4.79 Å². The lowest BCUT2D eigenvalue weighted by atomic mass is 10.1. The molecule has 0 heterocycles. The summed E-state index contributed by atoms with van der Waals surface area (Å²) in [6, 6.07) is 15.5. The molecule has 0 aliphatic carbocycles. The molecule has 4 heteroatoms. The summed E-state index contributed by atoms with van der Waals surface area (Å²) in [5.74, 6) is -0.0547. The molecule has 2 rings (SSSR count). The molecular weight excluding hydrogens is 334 g/mol.